The fraction of sp³-hybridized carbons (Fsp3) is 0.391. The molecule has 0 aliphatic rings. The van der Waals surface area contributed by atoms with Crippen molar-refractivity contribution in [3.05, 3.63) is 59.7 Å². The van der Waals surface area contributed by atoms with Crippen molar-refractivity contribution in [2.75, 3.05) is 11.9 Å². The number of amides is 1. The Labute approximate surface area is 166 Å². The monoisotopic (exact) mass is 383 g/mol. The van der Waals surface area contributed by atoms with E-state index in [1.807, 2.05) is 6.07 Å². The fourth-order valence-corrected chi connectivity index (χ4v) is 2.92. The molecule has 150 valence electrons. The van der Waals surface area contributed by atoms with Gasteiger partial charge in [-0.05, 0) is 42.8 Å². The number of carboxylic acid groups (broad SMARTS) is 1. The van der Waals surface area contributed by atoms with Crippen molar-refractivity contribution in [1.29, 1.82) is 0 Å². The first-order valence-electron chi connectivity index (χ1n) is 9.98. The SMILES string of the molecule is CCCCCCCCCOc1ccccc1C(=O)Nc1ccc(C(=O)O)cc1. The number of hydrogen-bond acceptors (Lipinski definition) is 3. The minimum Gasteiger partial charge on any atom is -0.493 e. The summed E-state index contributed by atoms with van der Waals surface area (Å²) in [5.41, 5.74) is 1.18. The van der Waals surface area contributed by atoms with E-state index in [1.54, 1.807) is 30.3 Å². The molecule has 1 amide bonds. The molecule has 0 unspecified atom stereocenters. The molecule has 2 aromatic carbocycles. The van der Waals surface area contributed by atoms with Crippen LogP contribution in [0.3, 0.4) is 0 Å². The van der Waals surface area contributed by atoms with Gasteiger partial charge in [-0.2, -0.15) is 0 Å². The molecule has 0 aliphatic heterocycles. The first kappa shape index (κ1) is 21.5. The van der Waals surface area contributed by atoms with Gasteiger partial charge in [0.1, 0.15) is 5.75 Å². The first-order valence-corrected chi connectivity index (χ1v) is 9.98. The van der Waals surface area contributed by atoms with E-state index in [1.165, 1.54) is 44.2 Å². The summed E-state index contributed by atoms with van der Waals surface area (Å²) in [6.07, 6.45) is 8.45. The normalized spacial score (nSPS) is 10.5. The summed E-state index contributed by atoms with van der Waals surface area (Å²) in [6, 6.07) is 13.2. The average molecular weight is 383 g/mol. The van der Waals surface area contributed by atoms with Crippen LogP contribution in [0.15, 0.2) is 48.5 Å². The van der Waals surface area contributed by atoms with E-state index in [-0.39, 0.29) is 11.5 Å². The van der Waals surface area contributed by atoms with Crippen LogP contribution in [0, 0.1) is 0 Å². The van der Waals surface area contributed by atoms with Gasteiger partial charge in [-0.25, -0.2) is 4.79 Å². The number of carbonyl (C=O) groups is 2. The summed E-state index contributed by atoms with van der Waals surface area (Å²) < 4.78 is 5.84. The second-order valence-corrected chi connectivity index (χ2v) is 6.80. The van der Waals surface area contributed by atoms with Gasteiger partial charge in [0.15, 0.2) is 0 Å². The van der Waals surface area contributed by atoms with Crippen molar-refractivity contribution in [2.24, 2.45) is 0 Å². The predicted octanol–water partition coefficient (Wildman–Crippen LogP) is 5.77. The molecule has 28 heavy (non-hydrogen) atoms. The van der Waals surface area contributed by atoms with Gasteiger partial charge in [0.25, 0.3) is 5.91 Å². The van der Waals surface area contributed by atoms with Gasteiger partial charge in [-0.1, -0.05) is 57.6 Å². The third-order valence-electron chi connectivity index (χ3n) is 4.53. The molecule has 0 atom stereocenters. The number of hydrogen-bond donors (Lipinski definition) is 2. The van der Waals surface area contributed by atoms with Gasteiger partial charge >= 0.3 is 5.97 Å². The molecule has 0 fully saturated rings. The molecule has 0 saturated heterocycles. The van der Waals surface area contributed by atoms with Crippen molar-refractivity contribution in [3.63, 3.8) is 0 Å². The third kappa shape index (κ3) is 7.06. The highest BCUT2D eigenvalue weighted by Crippen LogP contribution is 2.20. The number of rotatable bonds is 12. The zero-order valence-corrected chi connectivity index (χ0v) is 16.4. The van der Waals surface area contributed by atoms with Gasteiger partial charge < -0.3 is 15.2 Å². The summed E-state index contributed by atoms with van der Waals surface area (Å²) >= 11 is 0. The molecular formula is C23H29NO4. The molecule has 2 N–H and O–H groups in total. The van der Waals surface area contributed by atoms with Crippen LogP contribution in [-0.2, 0) is 0 Å². The largest absolute Gasteiger partial charge is 0.493 e. The van der Waals surface area contributed by atoms with Gasteiger partial charge in [-0.15, -0.1) is 0 Å². The lowest BCUT2D eigenvalue weighted by Crippen LogP contribution is -2.14. The smallest absolute Gasteiger partial charge is 0.335 e. The highest BCUT2D eigenvalue weighted by Gasteiger charge is 2.12. The number of anilines is 1. The molecule has 0 heterocycles. The van der Waals surface area contributed by atoms with Gasteiger partial charge in [0, 0.05) is 5.69 Å². The number of benzene rings is 2. The minimum atomic E-state index is -0.998. The Morgan fingerprint density at radius 3 is 2.21 bits per heavy atom. The summed E-state index contributed by atoms with van der Waals surface area (Å²) in [6.45, 7) is 2.80. The average Bonchev–Trinajstić information content (AvgIpc) is 2.70. The van der Waals surface area contributed by atoms with Gasteiger partial charge in [-0.3, -0.25) is 4.79 Å². The van der Waals surface area contributed by atoms with Gasteiger partial charge in [0.2, 0.25) is 0 Å². The van der Waals surface area contributed by atoms with E-state index in [9.17, 15) is 9.59 Å². The quantitative estimate of drug-likeness (QED) is 0.456. The first-order chi connectivity index (χ1) is 13.6. The molecule has 0 bridgehead atoms. The van der Waals surface area contributed by atoms with Crippen molar-refractivity contribution >= 4 is 17.6 Å². The molecule has 0 aliphatic carbocycles. The summed E-state index contributed by atoms with van der Waals surface area (Å²) in [4.78, 5) is 23.5. The van der Waals surface area contributed by atoms with E-state index in [2.05, 4.69) is 12.2 Å². The predicted molar refractivity (Wildman–Crippen MR) is 111 cm³/mol. The van der Waals surface area contributed by atoms with Crippen molar-refractivity contribution in [3.8, 4) is 5.75 Å². The van der Waals surface area contributed by atoms with E-state index in [0.717, 1.165) is 12.8 Å². The molecule has 0 aromatic heterocycles. The molecular weight excluding hydrogens is 354 g/mol. The van der Waals surface area contributed by atoms with Crippen LogP contribution < -0.4 is 10.1 Å². The van der Waals surface area contributed by atoms with E-state index in [4.69, 9.17) is 9.84 Å². The maximum atomic E-state index is 12.6. The topological polar surface area (TPSA) is 75.6 Å². The Morgan fingerprint density at radius 2 is 1.54 bits per heavy atom. The second kappa shape index (κ2) is 11.8. The number of carbonyl (C=O) groups excluding carboxylic acids is 1. The number of aromatic carboxylic acids is 1. The second-order valence-electron chi connectivity index (χ2n) is 6.80. The molecule has 2 rings (SSSR count). The maximum Gasteiger partial charge on any atom is 0.335 e. The molecule has 0 spiro atoms. The Bertz CT molecular complexity index is 755. The zero-order valence-electron chi connectivity index (χ0n) is 16.4. The van der Waals surface area contributed by atoms with Crippen molar-refractivity contribution in [1.82, 2.24) is 0 Å². The number of ether oxygens (including phenoxy) is 1. The highest BCUT2D eigenvalue weighted by atomic mass is 16.5. The summed E-state index contributed by atoms with van der Waals surface area (Å²) in [7, 11) is 0. The van der Waals surface area contributed by atoms with E-state index < -0.39 is 5.97 Å². The van der Waals surface area contributed by atoms with Crippen LogP contribution in [-0.4, -0.2) is 23.6 Å². The maximum absolute atomic E-state index is 12.6. The molecule has 2 aromatic rings. The molecule has 0 radical (unpaired) electrons. The van der Waals surface area contributed by atoms with Crippen LogP contribution >= 0.6 is 0 Å². The van der Waals surface area contributed by atoms with Crippen LogP contribution in [0.5, 0.6) is 5.75 Å². The lowest BCUT2D eigenvalue weighted by molar-refractivity contribution is 0.0696. The Kier molecular flexibility index (Phi) is 9.05. The summed E-state index contributed by atoms with van der Waals surface area (Å²) in [5.74, 6) is -0.714. The number of unbranched alkanes of at least 4 members (excludes halogenated alkanes) is 6. The zero-order chi connectivity index (χ0) is 20.2. The Hall–Kier alpha value is -2.82. The molecule has 5 nitrogen and oxygen atoms in total. The van der Waals surface area contributed by atoms with Crippen LogP contribution in [0.25, 0.3) is 0 Å². The van der Waals surface area contributed by atoms with E-state index >= 15 is 0 Å². The van der Waals surface area contributed by atoms with Crippen LogP contribution in [0.1, 0.15) is 72.6 Å². The van der Waals surface area contributed by atoms with Gasteiger partial charge in [0.05, 0.1) is 17.7 Å². The number of para-hydroxylation sites is 1. The Morgan fingerprint density at radius 1 is 0.893 bits per heavy atom. The van der Waals surface area contributed by atoms with E-state index in [0.29, 0.717) is 23.6 Å². The lowest BCUT2D eigenvalue weighted by Gasteiger charge is -2.12. The number of nitrogens with one attached hydrogen (secondary N) is 1. The molecule has 0 saturated carbocycles. The van der Waals surface area contributed by atoms with Crippen LogP contribution in [0.4, 0.5) is 5.69 Å². The summed E-state index contributed by atoms with van der Waals surface area (Å²) in [5, 5.41) is 11.7. The minimum absolute atomic E-state index is 0.177. The third-order valence-corrected chi connectivity index (χ3v) is 4.53. The number of carboxylic acids is 1. The van der Waals surface area contributed by atoms with Crippen molar-refractivity contribution in [2.45, 2.75) is 51.9 Å². The fourth-order valence-electron chi connectivity index (χ4n) is 2.92. The lowest BCUT2D eigenvalue weighted by atomic mass is 10.1. The van der Waals surface area contributed by atoms with Crippen molar-refractivity contribution < 1.29 is 19.4 Å². The molecule has 5 heteroatoms. The standard InChI is InChI=1S/C23H29NO4/c1-2-3-4-5-6-7-10-17-28-21-12-9-8-11-20(21)22(25)24-19-15-13-18(14-16-19)23(26)27/h8-9,11-16H,2-7,10,17H2,1H3,(H,24,25)(H,26,27). The Balaban J connectivity index is 1.84. The van der Waals surface area contributed by atoms with Crippen LogP contribution in [0.2, 0.25) is 0 Å². The highest BCUT2D eigenvalue weighted by molar-refractivity contribution is 6.06.